The summed E-state index contributed by atoms with van der Waals surface area (Å²) >= 11 is 0. The number of aliphatic hydroxyl groups is 1. The Morgan fingerprint density at radius 1 is 1.26 bits per heavy atom. The third kappa shape index (κ3) is 4.10. The maximum Gasteiger partial charge on any atom is 0.501 e. The SMILES string of the molecule is C[C@H](O)CCNc1ccc(S(=O)(=O)C(F)(F)F)cc1. The lowest BCUT2D eigenvalue weighted by Crippen LogP contribution is -2.23. The van der Waals surface area contributed by atoms with Gasteiger partial charge in [0.05, 0.1) is 11.0 Å². The van der Waals surface area contributed by atoms with Crippen molar-refractivity contribution >= 4 is 15.5 Å². The van der Waals surface area contributed by atoms with Crippen molar-refractivity contribution in [1.29, 1.82) is 0 Å². The van der Waals surface area contributed by atoms with Crippen LogP contribution in [0.1, 0.15) is 13.3 Å². The van der Waals surface area contributed by atoms with Crippen molar-refractivity contribution in [2.45, 2.75) is 29.9 Å². The largest absolute Gasteiger partial charge is 0.501 e. The summed E-state index contributed by atoms with van der Waals surface area (Å²) in [6, 6.07) is 4.29. The highest BCUT2D eigenvalue weighted by molar-refractivity contribution is 7.92. The van der Waals surface area contributed by atoms with Crippen LogP contribution in [0.4, 0.5) is 18.9 Å². The number of halogens is 3. The van der Waals surface area contributed by atoms with E-state index in [1.54, 1.807) is 6.92 Å². The molecule has 108 valence electrons. The molecule has 4 nitrogen and oxygen atoms in total. The molecule has 0 heterocycles. The molecule has 0 fully saturated rings. The van der Waals surface area contributed by atoms with Gasteiger partial charge in [-0.25, -0.2) is 8.42 Å². The minimum Gasteiger partial charge on any atom is -0.393 e. The minimum atomic E-state index is -5.30. The maximum atomic E-state index is 12.3. The monoisotopic (exact) mass is 297 g/mol. The molecule has 1 atom stereocenters. The molecule has 0 bridgehead atoms. The van der Waals surface area contributed by atoms with Crippen molar-refractivity contribution in [2.75, 3.05) is 11.9 Å². The molecule has 1 aromatic carbocycles. The first kappa shape index (κ1) is 15.8. The van der Waals surface area contributed by atoms with Gasteiger partial charge in [0, 0.05) is 12.2 Å². The molecule has 0 aliphatic rings. The Labute approximate surface area is 109 Å². The number of alkyl halides is 3. The van der Waals surface area contributed by atoms with E-state index in [9.17, 15) is 21.6 Å². The van der Waals surface area contributed by atoms with Gasteiger partial charge in [-0.1, -0.05) is 0 Å². The summed E-state index contributed by atoms with van der Waals surface area (Å²) in [5.74, 6) is 0. The first-order chi connectivity index (χ1) is 8.64. The van der Waals surface area contributed by atoms with Crippen LogP contribution in [-0.4, -0.2) is 31.7 Å². The average Bonchev–Trinajstić information content (AvgIpc) is 2.27. The Kier molecular flexibility index (Phi) is 4.81. The highest BCUT2D eigenvalue weighted by Crippen LogP contribution is 2.30. The molecular formula is C11H14F3NO3S. The Bertz CT molecular complexity index is 509. The van der Waals surface area contributed by atoms with Crippen molar-refractivity contribution in [2.24, 2.45) is 0 Å². The van der Waals surface area contributed by atoms with Gasteiger partial charge in [0.25, 0.3) is 9.84 Å². The van der Waals surface area contributed by atoms with Crippen LogP contribution in [0.5, 0.6) is 0 Å². The summed E-state index contributed by atoms with van der Waals surface area (Å²) in [5, 5.41) is 11.9. The molecule has 0 aliphatic carbocycles. The standard InChI is InChI=1S/C11H14F3NO3S/c1-8(16)6-7-15-9-2-4-10(5-3-9)19(17,18)11(12,13)14/h2-5,8,15-16H,6-7H2,1H3/t8-/m0/s1. The van der Waals surface area contributed by atoms with Crippen LogP contribution in [0.3, 0.4) is 0 Å². The molecule has 0 amide bonds. The second-order valence-corrected chi connectivity index (χ2v) is 5.98. The van der Waals surface area contributed by atoms with Crippen molar-refractivity contribution in [3.05, 3.63) is 24.3 Å². The van der Waals surface area contributed by atoms with Crippen LogP contribution in [0.25, 0.3) is 0 Å². The predicted octanol–water partition coefficient (Wildman–Crippen LogP) is 2.16. The van der Waals surface area contributed by atoms with Crippen LogP contribution in [0, 0.1) is 0 Å². The van der Waals surface area contributed by atoms with Gasteiger partial charge in [-0.3, -0.25) is 0 Å². The fraction of sp³-hybridized carbons (Fsp3) is 0.455. The van der Waals surface area contributed by atoms with E-state index in [-0.39, 0.29) is 0 Å². The van der Waals surface area contributed by atoms with Gasteiger partial charge in [0.15, 0.2) is 0 Å². The number of anilines is 1. The van der Waals surface area contributed by atoms with Crippen LogP contribution in [0.2, 0.25) is 0 Å². The van der Waals surface area contributed by atoms with Crippen molar-refractivity contribution < 1.29 is 26.7 Å². The van der Waals surface area contributed by atoms with Crippen LogP contribution in [0.15, 0.2) is 29.2 Å². The van der Waals surface area contributed by atoms with Gasteiger partial charge < -0.3 is 10.4 Å². The lowest BCUT2D eigenvalue weighted by Gasteiger charge is -2.10. The minimum absolute atomic E-state index is 0.434. The van der Waals surface area contributed by atoms with Crippen LogP contribution in [-0.2, 0) is 9.84 Å². The fourth-order valence-electron chi connectivity index (χ4n) is 1.31. The molecule has 0 saturated carbocycles. The third-order valence-electron chi connectivity index (χ3n) is 2.36. The lowest BCUT2D eigenvalue weighted by atomic mass is 10.2. The van der Waals surface area contributed by atoms with Gasteiger partial charge in [0.1, 0.15) is 0 Å². The Morgan fingerprint density at radius 2 is 1.79 bits per heavy atom. The Hall–Kier alpha value is -1.28. The van der Waals surface area contributed by atoms with E-state index in [0.29, 0.717) is 18.7 Å². The van der Waals surface area contributed by atoms with E-state index in [1.165, 1.54) is 12.1 Å². The summed E-state index contributed by atoms with van der Waals surface area (Å²) < 4.78 is 59.0. The molecule has 2 N–H and O–H groups in total. The maximum absolute atomic E-state index is 12.3. The molecule has 0 radical (unpaired) electrons. The van der Waals surface area contributed by atoms with E-state index in [0.717, 1.165) is 12.1 Å². The van der Waals surface area contributed by atoms with E-state index in [2.05, 4.69) is 5.32 Å². The lowest BCUT2D eigenvalue weighted by molar-refractivity contribution is -0.0436. The number of benzene rings is 1. The average molecular weight is 297 g/mol. The highest BCUT2D eigenvalue weighted by atomic mass is 32.2. The van der Waals surface area contributed by atoms with Crippen LogP contribution >= 0.6 is 0 Å². The molecule has 0 spiro atoms. The second kappa shape index (κ2) is 5.79. The summed E-state index contributed by atoms with van der Waals surface area (Å²) in [6.45, 7) is 2.05. The molecular weight excluding hydrogens is 283 g/mol. The first-order valence-corrected chi connectivity index (χ1v) is 6.96. The number of hydrogen-bond acceptors (Lipinski definition) is 4. The van der Waals surface area contributed by atoms with Gasteiger partial charge >= 0.3 is 5.51 Å². The molecule has 0 aromatic heterocycles. The van der Waals surface area contributed by atoms with E-state index < -0.39 is 26.3 Å². The summed E-state index contributed by atoms with van der Waals surface area (Å²) in [4.78, 5) is -0.791. The molecule has 0 aliphatic heterocycles. The Balaban J connectivity index is 2.78. The zero-order valence-electron chi connectivity index (χ0n) is 10.1. The number of aliphatic hydroxyl groups excluding tert-OH is 1. The van der Waals surface area contributed by atoms with Crippen molar-refractivity contribution in [3.63, 3.8) is 0 Å². The molecule has 0 saturated heterocycles. The normalized spacial score (nSPS) is 14.2. The van der Waals surface area contributed by atoms with Gasteiger partial charge in [-0.15, -0.1) is 0 Å². The first-order valence-electron chi connectivity index (χ1n) is 5.48. The highest BCUT2D eigenvalue weighted by Gasteiger charge is 2.46. The Morgan fingerprint density at radius 3 is 2.21 bits per heavy atom. The summed E-state index contributed by atoms with van der Waals surface area (Å²) in [7, 11) is -5.29. The molecule has 19 heavy (non-hydrogen) atoms. The third-order valence-corrected chi connectivity index (χ3v) is 3.86. The van der Waals surface area contributed by atoms with Crippen molar-refractivity contribution in [1.82, 2.24) is 0 Å². The molecule has 1 rings (SSSR count). The predicted molar refractivity (Wildman–Crippen MR) is 64.5 cm³/mol. The smallest absolute Gasteiger partial charge is 0.393 e. The summed E-state index contributed by atoms with van der Waals surface area (Å²) in [6.07, 6.45) is -0.0137. The van der Waals surface area contributed by atoms with Crippen LogP contribution < -0.4 is 5.32 Å². The van der Waals surface area contributed by atoms with Gasteiger partial charge in [-0.05, 0) is 37.6 Å². The summed E-state index contributed by atoms with van der Waals surface area (Å²) in [5.41, 5.74) is -4.81. The number of sulfone groups is 1. The van der Waals surface area contributed by atoms with E-state index in [1.807, 2.05) is 0 Å². The number of rotatable bonds is 5. The number of nitrogens with one attached hydrogen (secondary N) is 1. The van der Waals surface area contributed by atoms with E-state index >= 15 is 0 Å². The quantitative estimate of drug-likeness (QED) is 0.874. The van der Waals surface area contributed by atoms with Gasteiger partial charge in [-0.2, -0.15) is 13.2 Å². The van der Waals surface area contributed by atoms with Gasteiger partial charge in [0.2, 0.25) is 0 Å². The number of hydrogen-bond donors (Lipinski definition) is 2. The topological polar surface area (TPSA) is 66.4 Å². The van der Waals surface area contributed by atoms with E-state index in [4.69, 9.17) is 5.11 Å². The zero-order valence-corrected chi connectivity index (χ0v) is 10.9. The molecule has 0 unspecified atom stereocenters. The zero-order chi connectivity index (χ0) is 14.7. The van der Waals surface area contributed by atoms with Crippen molar-refractivity contribution in [3.8, 4) is 0 Å². The second-order valence-electron chi connectivity index (χ2n) is 4.04. The molecule has 1 aromatic rings. The molecule has 8 heteroatoms. The fourth-order valence-corrected chi connectivity index (χ4v) is 2.07.